The Morgan fingerprint density at radius 1 is 1.20 bits per heavy atom. The topological polar surface area (TPSA) is 79.5 Å². The van der Waals surface area contributed by atoms with Crippen LogP contribution in [0.15, 0.2) is 33.6 Å². The summed E-state index contributed by atoms with van der Waals surface area (Å²) in [6, 6.07) is 3.48. The molecule has 2 rings (SSSR count). The minimum absolute atomic E-state index is 0.0680. The van der Waals surface area contributed by atoms with E-state index in [2.05, 4.69) is 0 Å². The van der Waals surface area contributed by atoms with Gasteiger partial charge in [0.05, 0.1) is 5.69 Å². The standard InChI is InChI=1S/C12H11F2NO4S/c1-7-12(5-11(6-16)19-7)20(17,18)15-10-3-8(13)2-9(14)4-10/h2-5,15-16H,6H2,1H3. The summed E-state index contributed by atoms with van der Waals surface area (Å²) in [5, 5.41) is 8.90. The lowest BCUT2D eigenvalue weighted by Crippen LogP contribution is -2.13. The van der Waals surface area contributed by atoms with E-state index in [1.54, 1.807) is 0 Å². The van der Waals surface area contributed by atoms with Crippen molar-refractivity contribution >= 4 is 15.7 Å². The number of nitrogens with one attached hydrogen (secondary N) is 1. The molecule has 0 fully saturated rings. The third-order valence-corrected chi connectivity index (χ3v) is 3.97. The van der Waals surface area contributed by atoms with Crippen LogP contribution < -0.4 is 4.72 Å². The van der Waals surface area contributed by atoms with Crippen molar-refractivity contribution in [3.05, 3.63) is 47.4 Å². The molecule has 5 nitrogen and oxygen atoms in total. The highest BCUT2D eigenvalue weighted by Gasteiger charge is 2.21. The van der Waals surface area contributed by atoms with E-state index in [0.29, 0.717) is 6.07 Å². The molecule has 2 N–H and O–H groups in total. The lowest BCUT2D eigenvalue weighted by atomic mass is 10.3. The fourth-order valence-electron chi connectivity index (χ4n) is 1.69. The molecule has 0 aliphatic heterocycles. The predicted molar refractivity (Wildman–Crippen MR) is 66.5 cm³/mol. The van der Waals surface area contributed by atoms with Gasteiger partial charge in [0, 0.05) is 12.1 Å². The van der Waals surface area contributed by atoms with E-state index in [1.807, 2.05) is 4.72 Å². The maximum atomic E-state index is 13.0. The molecule has 0 amide bonds. The van der Waals surface area contributed by atoms with E-state index < -0.39 is 28.3 Å². The zero-order valence-corrected chi connectivity index (χ0v) is 11.2. The van der Waals surface area contributed by atoms with Crippen LogP contribution in [0.2, 0.25) is 0 Å². The van der Waals surface area contributed by atoms with E-state index in [4.69, 9.17) is 9.52 Å². The molecule has 2 aromatic rings. The van der Waals surface area contributed by atoms with Gasteiger partial charge in [-0.2, -0.15) is 0 Å². The molecule has 0 atom stereocenters. The second kappa shape index (κ2) is 5.22. The molecular formula is C12H11F2NO4S. The summed E-state index contributed by atoms with van der Waals surface area (Å²) >= 11 is 0. The Morgan fingerprint density at radius 3 is 2.30 bits per heavy atom. The molecule has 0 bridgehead atoms. The summed E-state index contributed by atoms with van der Waals surface area (Å²) in [7, 11) is -4.05. The summed E-state index contributed by atoms with van der Waals surface area (Å²) in [6.07, 6.45) is 0. The highest BCUT2D eigenvalue weighted by molar-refractivity contribution is 7.92. The first-order chi connectivity index (χ1) is 9.31. The Kier molecular flexibility index (Phi) is 3.78. The van der Waals surface area contributed by atoms with Gasteiger partial charge in [-0.1, -0.05) is 0 Å². The number of anilines is 1. The predicted octanol–water partition coefficient (Wildman–Crippen LogP) is 2.16. The van der Waals surface area contributed by atoms with Gasteiger partial charge in [0.1, 0.15) is 34.7 Å². The van der Waals surface area contributed by atoms with Crippen LogP contribution in [0.1, 0.15) is 11.5 Å². The average Bonchev–Trinajstić information content (AvgIpc) is 2.69. The molecule has 0 aliphatic rings. The first-order valence-electron chi connectivity index (χ1n) is 5.51. The number of benzene rings is 1. The van der Waals surface area contributed by atoms with Crippen molar-refractivity contribution in [1.82, 2.24) is 0 Å². The van der Waals surface area contributed by atoms with Crippen LogP contribution in [0.4, 0.5) is 14.5 Å². The van der Waals surface area contributed by atoms with E-state index in [1.165, 1.54) is 6.92 Å². The van der Waals surface area contributed by atoms with Crippen LogP contribution in [-0.2, 0) is 16.6 Å². The lowest BCUT2D eigenvalue weighted by molar-refractivity contribution is 0.245. The Labute approximate surface area is 113 Å². The Balaban J connectivity index is 2.37. The minimum Gasteiger partial charge on any atom is -0.462 e. The van der Waals surface area contributed by atoms with Gasteiger partial charge in [-0.05, 0) is 19.1 Å². The number of halogens is 2. The summed E-state index contributed by atoms with van der Waals surface area (Å²) in [5.74, 6) is -1.66. The van der Waals surface area contributed by atoms with Crippen LogP contribution in [0, 0.1) is 18.6 Å². The second-order valence-corrected chi connectivity index (χ2v) is 5.71. The zero-order chi connectivity index (χ0) is 14.9. The van der Waals surface area contributed by atoms with Crippen LogP contribution in [0.5, 0.6) is 0 Å². The molecule has 0 radical (unpaired) electrons. The average molecular weight is 303 g/mol. The number of hydrogen-bond donors (Lipinski definition) is 2. The molecule has 0 aliphatic carbocycles. The molecule has 108 valence electrons. The van der Waals surface area contributed by atoms with Crippen LogP contribution in [-0.4, -0.2) is 13.5 Å². The van der Waals surface area contributed by atoms with Gasteiger partial charge in [-0.25, -0.2) is 17.2 Å². The number of rotatable bonds is 4. The van der Waals surface area contributed by atoms with Crippen molar-refractivity contribution in [1.29, 1.82) is 0 Å². The van der Waals surface area contributed by atoms with Gasteiger partial charge in [0.2, 0.25) is 0 Å². The van der Waals surface area contributed by atoms with E-state index in [9.17, 15) is 17.2 Å². The van der Waals surface area contributed by atoms with Gasteiger partial charge < -0.3 is 9.52 Å². The number of aryl methyl sites for hydroxylation is 1. The quantitative estimate of drug-likeness (QED) is 0.907. The summed E-state index contributed by atoms with van der Waals surface area (Å²) in [4.78, 5) is -0.203. The first-order valence-corrected chi connectivity index (χ1v) is 6.99. The number of sulfonamides is 1. The summed E-state index contributed by atoms with van der Waals surface area (Å²) < 4.78 is 57.3. The Bertz CT molecular complexity index is 720. The molecule has 8 heteroatoms. The zero-order valence-electron chi connectivity index (χ0n) is 10.4. The molecule has 1 aromatic heterocycles. The molecule has 0 unspecified atom stereocenters. The first kappa shape index (κ1) is 14.5. The number of aliphatic hydroxyl groups excluding tert-OH is 1. The van der Waals surface area contributed by atoms with Crippen molar-refractivity contribution < 1.29 is 26.7 Å². The number of hydrogen-bond acceptors (Lipinski definition) is 4. The summed E-state index contributed by atoms with van der Waals surface area (Å²) in [5.41, 5.74) is -0.242. The normalized spacial score (nSPS) is 11.6. The largest absolute Gasteiger partial charge is 0.462 e. The van der Waals surface area contributed by atoms with Crippen LogP contribution in [0.25, 0.3) is 0 Å². The minimum atomic E-state index is -4.05. The molecular weight excluding hydrogens is 292 g/mol. The molecule has 1 heterocycles. The van der Waals surface area contributed by atoms with Gasteiger partial charge in [-0.15, -0.1) is 0 Å². The van der Waals surface area contributed by atoms with Gasteiger partial charge >= 0.3 is 0 Å². The van der Waals surface area contributed by atoms with E-state index in [0.717, 1.165) is 18.2 Å². The maximum Gasteiger partial charge on any atom is 0.265 e. The summed E-state index contributed by atoms with van der Waals surface area (Å²) in [6.45, 7) is 0.949. The highest BCUT2D eigenvalue weighted by atomic mass is 32.2. The van der Waals surface area contributed by atoms with Crippen molar-refractivity contribution in [3.8, 4) is 0 Å². The monoisotopic (exact) mass is 303 g/mol. The van der Waals surface area contributed by atoms with Crippen molar-refractivity contribution in [2.75, 3.05) is 4.72 Å². The van der Waals surface area contributed by atoms with E-state index >= 15 is 0 Å². The van der Waals surface area contributed by atoms with Gasteiger partial charge in [0.15, 0.2) is 0 Å². The third-order valence-electron chi connectivity index (χ3n) is 2.48. The van der Waals surface area contributed by atoms with Gasteiger partial charge in [-0.3, -0.25) is 4.72 Å². The fourth-order valence-corrected chi connectivity index (χ4v) is 2.94. The molecule has 0 saturated carbocycles. The Morgan fingerprint density at radius 2 is 1.80 bits per heavy atom. The van der Waals surface area contributed by atoms with Crippen molar-refractivity contribution in [3.63, 3.8) is 0 Å². The van der Waals surface area contributed by atoms with Gasteiger partial charge in [0.25, 0.3) is 10.0 Å². The molecule has 20 heavy (non-hydrogen) atoms. The number of furan rings is 1. The molecule has 0 spiro atoms. The van der Waals surface area contributed by atoms with Crippen molar-refractivity contribution in [2.24, 2.45) is 0 Å². The SMILES string of the molecule is Cc1oc(CO)cc1S(=O)(=O)Nc1cc(F)cc(F)c1. The smallest absolute Gasteiger partial charge is 0.265 e. The Hall–Kier alpha value is -1.93. The number of aliphatic hydroxyl groups is 1. The van der Waals surface area contributed by atoms with Crippen LogP contribution >= 0.6 is 0 Å². The molecule has 0 saturated heterocycles. The van der Waals surface area contributed by atoms with Crippen molar-refractivity contribution in [2.45, 2.75) is 18.4 Å². The van der Waals surface area contributed by atoms with E-state index in [-0.39, 0.29) is 22.1 Å². The molecule has 1 aromatic carbocycles. The lowest BCUT2D eigenvalue weighted by Gasteiger charge is -2.07. The second-order valence-electron chi connectivity index (χ2n) is 4.05. The van der Waals surface area contributed by atoms with Crippen LogP contribution in [0.3, 0.4) is 0 Å². The fraction of sp³-hybridized carbons (Fsp3) is 0.167. The maximum absolute atomic E-state index is 13.0. The third kappa shape index (κ3) is 2.97. The highest BCUT2D eigenvalue weighted by Crippen LogP contribution is 2.23.